The number of alkyl carbamates (subject to hydrolysis) is 1. The molecule has 0 heterocycles. The van der Waals surface area contributed by atoms with Crippen LogP contribution in [0.15, 0.2) is 30.3 Å². The van der Waals surface area contributed by atoms with Gasteiger partial charge in [0, 0.05) is 0 Å². The Morgan fingerprint density at radius 3 is 1.89 bits per heavy atom. The number of ether oxygens (including phenoxy) is 3. The van der Waals surface area contributed by atoms with E-state index >= 15 is 4.39 Å². The van der Waals surface area contributed by atoms with Crippen LogP contribution in [0, 0.1) is 0 Å². The number of halogens is 1. The number of hydrogen-bond donors (Lipinski definition) is 1. The maximum atomic E-state index is 15.9. The third-order valence-corrected chi connectivity index (χ3v) is 3.34. The van der Waals surface area contributed by atoms with Crippen LogP contribution in [-0.2, 0) is 23.8 Å². The standard InChI is InChI=1S/C19H26FNO6/c1-6-25-15(22)19(20,16(23)26-7-2)14(13-11-9-8-10-12-13)21-17(24)27-18(3,4)5/h8-12,14H,6-7H2,1-5H3,(H,21,24)/t14-/m0/s1. The molecule has 0 saturated heterocycles. The molecule has 0 spiro atoms. The van der Waals surface area contributed by atoms with Gasteiger partial charge in [-0.2, -0.15) is 0 Å². The Balaban J connectivity index is 3.40. The van der Waals surface area contributed by atoms with Crippen molar-refractivity contribution in [1.29, 1.82) is 0 Å². The molecule has 1 N–H and O–H groups in total. The zero-order valence-corrected chi connectivity index (χ0v) is 16.2. The van der Waals surface area contributed by atoms with Gasteiger partial charge in [0.05, 0.1) is 13.2 Å². The maximum absolute atomic E-state index is 15.9. The summed E-state index contributed by atoms with van der Waals surface area (Å²) in [7, 11) is 0. The van der Waals surface area contributed by atoms with Gasteiger partial charge < -0.3 is 19.5 Å². The van der Waals surface area contributed by atoms with Crippen molar-refractivity contribution in [3.05, 3.63) is 35.9 Å². The number of rotatable bonds is 7. The van der Waals surface area contributed by atoms with Crippen molar-refractivity contribution in [2.24, 2.45) is 0 Å². The zero-order valence-electron chi connectivity index (χ0n) is 16.2. The van der Waals surface area contributed by atoms with Crippen molar-refractivity contribution in [2.45, 2.75) is 51.9 Å². The molecule has 0 aliphatic carbocycles. The summed E-state index contributed by atoms with van der Waals surface area (Å²) < 4.78 is 30.5. The Bertz CT molecular complexity index is 638. The Morgan fingerprint density at radius 1 is 1.00 bits per heavy atom. The van der Waals surface area contributed by atoms with Crippen molar-refractivity contribution in [2.75, 3.05) is 13.2 Å². The van der Waals surface area contributed by atoms with E-state index in [2.05, 4.69) is 5.32 Å². The largest absolute Gasteiger partial charge is 0.463 e. The lowest BCUT2D eigenvalue weighted by Crippen LogP contribution is -2.55. The summed E-state index contributed by atoms with van der Waals surface area (Å²) in [6.45, 7) is 7.52. The van der Waals surface area contributed by atoms with Crippen LogP contribution >= 0.6 is 0 Å². The van der Waals surface area contributed by atoms with E-state index in [0.717, 1.165) is 0 Å². The lowest BCUT2D eigenvalue weighted by molar-refractivity contribution is -0.177. The number of alkyl halides is 1. The van der Waals surface area contributed by atoms with Crippen LogP contribution in [-0.4, -0.2) is 42.5 Å². The van der Waals surface area contributed by atoms with E-state index in [0.29, 0.717) is 0 Å². The smallest absolute Gasteiger partial charge is 0.408 e. The first kappa shape index (κ1) is 22.4. The average molecular weight is 383 g/mol. The molecule has 1 aromatic rings. The zero-order chi connectivity index (χ0) is 20.7. The topological polar surface area (TPSA) is 90.9 Å². The maximum Gasteiger partial charge on any atom is 0.408 e. The molecule has 27 heavy (non-hydrogen) atoms. The molecule has 0 unspecified atom stereocenters. The van der Waals surface area contributed by atoms with Crippen LogP contribution < -0.4 is 5.32 Å². The molecule has 0 aliphatic heterocycles. The molecular weight excluding hydrogens is 357 g/mol. The van der Waals surface area contributed by atoms with Gasteiger partial charge in [-0.1, -0.05) is 30.3 Å². The normalized spacial score (nSPS) is 12.7. The first-order valence-corrected chi connectivity index (χ1v) is 8.64. The summed E-state index contributed by atoms with van der Waals surface area (Å²) in [5, 5.41) is 2.27. The summed E-state index contributed by atoms with van der Waals surface area (Å²) in [6.07, 6.45) is -0.994. The molecule has 0 aliphatic rings. The Labute approximate surface area is 158 Å². The molecule has 0 saturated carbocycles. The lowest BCUT2D eigenvalue weighted by Gasteiger charge is -2.31. The molecule has 0 radical (unpaired) electrons. The fourth-order valence-corrected chi connectivity index (χ4v) is 2.27. The summed E-state index contributed by atoms with van der Waals surface area (Å²) in [6, 6.07) is 6.06. The monoisotopic (exact) mass is 383 g/mol. The summed E-state index contributed by atoms with van der Waals surface area (Å²) in [5.74, 6) is -2.90. The number of hydrogen-bond acceptors (Lipinski definition) is 6. The summed E-state index contributed by atoms with van der Waals surface area (Å²) in [4.78, 5) is 37.0. The number of benzene rings is 1. The van der Waals surface area contributed by atoms with Crippen molar-refractivity contribution in [3.8, 4) is 0 Å². The second kappa shape index (κ2) is 9.34. The molecule has 8 heteroatoms. The number of carbonyl (C=O) groups is 3. The third-order valence-electron chi connectivity index (χ3n) is 3.34. The quantitative estimate of drug-likeness (QED) is 0.442. The molecule has 0 aromatic heterocycles. The lowest BCUT2D eigenvalue weighted by atomic mass is 9.90. The van der Waals surface area contributed by atoms with Crippen molar-refractivity contribution < 1.29 is 33.0 Å². The van der Waals surface area contributed by atoms with Crippen LogP contribution in [0.25, 0.3) is 0 Å². The summed E-state index contributed by atoms with van der Waals surface area (Å²) in [5.41, 5.74) is -3.98. The van der Waals surface area contributed by atoms with Gasteiger partial charge in [0.2, 0.25) is 0 Å². The number of esters is 2. The van der Waals surface area contributed by atoms with Crippen LogP contribution in [0.1, 0.15) is 46.2 Å². The average Bonchev–Trinajstić information content (AvgIpc) is 2.58. The number of carbonyl (C=O) groups excluding carboxylic acids is 3. The predicted octanol–water partition coefficient (Wildman–Crippen LogP) is 3.09. The number of amides is 1. The van der Waals surface area contributed by atoms with Crippen LogP contribution in [0.2, 0.25) is 0 Å². The fraction of sp³-hybridized carbons (Fsp3) is 0.526. The molecule has 1 amide bonds. The van der Waals surface area contributed by atoms with E-state index in [1.54, 1.807) is 39.0 Å². The van der Waals surface area contributed by atoms with E-state index in [9.17, 15) is 14.4 Å². The molecule has 0 fully saturated rings. The molecule has 1 aromatic carbocycles. The Hall–Kier alpha value is -2.64. The fourth-order valence-electron chi connectivity index (χ4n) is 2.27. The second-order valence-electron chi connectivity index (χ2n) is 6.64. The Kier molecular flexibility index (Phi) is 7.75. The minimum absolute atomic E-state index is 0.155. The van der Waals surface area contributed by atoms with Gasteiger partial charge in [0.15, 0.2) is 0 Å². The van der Waals surface area contributed by atoms with Crippen molar-refractivity contribution >= 4 is 18.0 Å². The van der Waals surface area contributed by atoms with Crippen molar-refractivity contribution in [3.63, 3.8) is 0 Å². The van der Waals surface area contributed by atoms with Gasteiger partial charge >= 0.3 is 23.7 Å². The molecule has 0 bridgehead atoms. The third kappa shape index (κ3) is 5.94. The van der Waals surface area contributed by atoms with Crippen LogP contribution in [0.4, 0.5) is 9.18 Å². The SMILES string of the molecule is CCOC(=O)C(F)(C(=O)OCC)[C@@H](NC(=O)OC(C)(C)C)c1ccccc1. The highest BCUT2D eigenvalue weighted by atomic mass is 19.1. The van der Waals surface area contributed by atoms with Crippen LogP contribution in [0.5, 0.6) is 0 Å². The van der Waals surface area contributed by atoms with E-state index in [4.69, 9.17) is 14.2 Å². The van der Waals surface area contributed by atoms with E-state index < -0.39 is 35.3 Å². The highest BCUT2D eigenvalue weighted by Crippen LogP contribution is 2.33. The summed E-state index contributed by atoms with van der Waals surface area (Å²) >= 11 is 0. The number of nitrogens with one attached hydrogen (secondary N) is 1. The predicted molar refractivity (Wildman–Crippen MR) is 95.7 cm³/mol. The highest BCUT2D eigenvalue weighted by molar-refractivity contribution is 6.05. The van der Waals surface area contributed by atoms with E-state index in [-0.39, 0.29) is 18.8 Å². The Morgan fingerprint density at radius 2 is 1.48 bits per heavy atom. The van der Waals surface area contributed by atoms with Gasteiger partial charge in [0.1, 0.15) is 11.6 Å². The van der Waals surface area contributed by atoms with Gasteiger partial charge in [-0.25, -0.2) is 18.8 Å². The first-order chi connectivity index (χ1) is 12.6. The van der Waals surface area contributed by atoms with Crippen LogP contribution in [0.3, 0.4) is 0 Å². The van der Waals surface area contributed by atoms with Gasteiger partial charge in [-0.05, 0) is 40.2 Å². The van der Waals surface area contributed by atoms with Gasteiger partial charge in [-0.3, -0.25) is 0 Å². The molecule has 1 rings (SSSR count). The van der Waals surface area contributed by atoms with E-state index in [1.807, 2.05) is 0 Å². The van der Waals surface area contributed by atoms with Crippen molar-refractivity contribution in [1.82, 2.24) is 5.32 Å². The van der Waals surface area contributed by atoms with E-state index in [1.165, 1.54) is 26.0 Å². The van der Waals surface area contributed by atoms with Gasteiger partial charge in [-0.15, -0.1) is 0 Å². The highest BCUT2D eigenvalue weighted by Gasteiger charge is 2.58. The second-order valence-corrected chi connectivity index (χ2v) is 6.64. The first-order valence-electron chi connectivity index (χ1n) is 8.64. The molecule has 7 nitrogen and oxygen atoms in total. The minimum Gasteiger partial charge on any atom is -0.463 e. The molecule has 1 atom stereocenters. The van der Waals surface area contributed by atoms with Gasteiger partial charge in [0.25, 0.3) is 0 Å². The molecular formula is C19H26FNO6. The minimum atomic E-state index is -3.29. The molecule has 150 valence electrons.